The molecule has 2 aromatic rings. The monoisotopic (exact) mass is 466 g/mol. The summed E-state index contributed by atoms with van der Waals surface area (Å²) in [5.74, 6) is -1.62. The zero-order valence-corrected chi connectivity index (χ0v) is 19.4. The van der Waals surface area contributed by atoms with Crippen LogP contribution in [0, 0.1) is 5.92 Å². The minimum Gasteiger partial charge on any atom is -0.481 e. The van der Waals surface area contributed by atoms with Crippen molar-refractivity contribution < 1.29 is 29.3 Å². The van der Waals surface area contributed by atoms with Crippen LogP contribution < -0.4 is 5.32 Å². The second-order valence-electron chi connectivity index (χ2n) is 9.41. The summed E-state index contributed by atoms with van der Waals surface area (Å²) in [5.41, 5.74) is 3.40. The van der Waals surface area contributed by atoms with E-state index in [1.807, 2.05) is 62.4 Å². The number of ether oxygens (including phenoxy) is 1. The first-order valence-corrected chi connectivity index (χ1v) is 11.5. The van der Waals surface area contributed by atoms with E-state index in [0.717, 1.165) is 22.3 Å². The molecule has 1 unspecified atom stereocenters. The molecule has 180 valence electrons. The van der Waals surface area contributed by atoms with E-state index in [9.17, 15) is 19.5 Å². The van der Waals surface area contributed by atoms with Crippen molar-refractivity contribution in [1.29, 1.82) is 0 Å². The number of nitrogens with zero attached hydrogens (tertiary/aromatic N) is 1. The van der Waals surface area contributed by atoms with Crippen molar-refractivity contribution in [3.8, 4) is 11.1 Å². The molecule has 1 aliphatic heterocycles. The maximum absolute atomic E-state index is 12.9. The van der Waals surface area contributed by atoms with Gasteiger partial charge in [-0.1, -0.05) is 62.4 Å². The third-order valence-corrected chi connectivity index (χ3v) is 6.90. The van der Waals surface area contributed by atoms with Gasteiger partial charge in [-0.3, -0.25) is 9.59 Å². The van der Waals surface area contributed by atoms with Crippen molar-refractivity contribution >= 4 is 18.0 Å². The summed E-state index contributed by atoms with van der Waals surface area (Å²) in [6.45, 7) is 4.15. The first-order valence-electron chi connectivity index (χ1n) is 11.5. The molecule has 0 saturated carbocycles. The number of carbonyl (C=O) groups excluding carboxylic acids is 2. The lowest BCUT2D eigenvalue weighted by Gasteiger charge is -2.49. The highest BCUT2D eigenvalue weighted by Crippen LogP contribution is 2.44. The fraction of sp³-hybridized carbons (Fsp3) is 0.423. The minimum absolute atomic E-state index is 0.0240. The molecule has 2 aromatic carbocycles. The molecule has 34 heavy (non-hydrogen) atoms. The van der Waals surface area contributed by atoms with Crippen molar-refractivity contribution in [2.75, 3.05) is 19.7 Å². The summed E-state index contributed by atoms with van der Waals surface area (Å²) < 4.78 is 5.52. The minimum atomic E-state index is -1.06. The Morgan fingerprint density at radius 1 is 1.06 bits per heavy atom. The van der Waals surface area contributed by atoms with Crippen LogP contribution in [0.25, 0.3) is 11.1 Å². The van der Waals surface area contributed by atoms with Crippen molar-refractivity contribution in [1.82, 2.24) is 10.2 Å². The third kappa shape index (κ3) is 4.63. The number of rotatable bonds is 8. The molecule has 8 nitrogen and oxygen atoms in total. The highest BCUT2D eigenvalue weighted by molar-refractivity contribution is 5.87. The van der Waals surface area contributed by atoms with Crippen molar-refractivity contribution in [3.63, 3.8) is 0 Å². The third-order valence-electron chi connectivity index (χ3n) is 6.90. The maximum Gasteiger partial charge on any atom is 0.407 e. The quantitative estimate of drug-likeness (QED) is 0.551. The van der Waals surface area contributed by atoms with Crippen LogP contribution >= 0.6 is 0 Å². The molecule has 1 saturated heterocycles. The number of β-amino-alcohol motifs (C(OH)–C–C–N with tert-alkyl or cyclic N) is 1. The first kappa shape index (κ1) is 23.8. The number of alkyl carbamates (subject to hydrolysis) is 1. The van der Waals surface area contributed by atoms with E-state index in [1.54, 1.807) is 0 Å². The van der Waals surface area contributed by atoms with E-state index >= 15 is 0 Å². The number of aliphatic carboxylic acids is 1. The van der Waals surface area contributed by atoms with E-state index in [-0.39, 0.29) is 44.4 Å². The summed E-state index contributed by atoms with van der Waals surface area (Å²) in [5, 5.41) is 22.1. The molecule has 1 aliphatic carbocycles. The van der Waals surface area contributed by atoms with Gasteiger partial charge in [0.1, 0.15) is 18.2 Å². The van der Waals surface area contributed by atoms with Gasteiger partial charge in [-0.2, -0.15) is 0 Å². The van der Waals surface area contributed by atoms with Crippen LogP contribution in [0.1, 0.15) is 43.7 Å². The Morgan fingerprint density at radius 2 is 1.62 bits per heavy atom. The number of amides is 2. The average Bonchev–Trinajstić information content (AvgIpc) is 3.11. The molecule has 2 amide bonds. The number of likely N-dealkylation sites (tertiary alicyclic amines) is 1. The zero-order valence-electron chi connectivity index (χ0n) is 19.4. The lowest BCUT2D eigenvalue weighted by Crippen LogP contribution is -2.68. The zero-order chi connectivity index (χ0) is 24.5. The van der Waals surface area contributed by atoms with Gasteiger partial charge in [0.05, 0.1) is 13.1 Å². The van der Waals surface area contributed by atoms with Gasteiger partial charge in [0.25, 0.3) is 0 Å². The SMILES string of the molecule is CC(C)C1(O)CN(C(=O)C(CCC(=O)O)NC(=O)OCC2c3ccccc3-c3ccccc32)C1. The van der Waals surface area contributed by atoms with E-state index in [1.165, 1.54) is 4.90 Å². The molecule has 2 aliphatic rings. The van der Waals surface area contributed by atoms with E-state index in [2.05, 4.69) is 5.32 Å². The van der Waals surface area contributed by atoms with Crippen LogP contribution in [0.5, 0.6) is 0 Å². The van der Waals surface area contributed by atoms with Crippen LogP contribution in [0.3, 0.4) is 0 Å². The van der Waals surface area contributed by atoms with Gasteiger partial charge in [0, 0.05) is 12.3 Å². The lowest BCUT2D eigenvalue weighted by molar-refractivity contribution is -0.165. The molecule has 0 spiro atoms. The number of carboxylic acid groups (broad SMARTS) is 1. The second kappa shape index (κ2) is 9.46. The largest absolute Gasteiger partial charge is 0.481 e. The molecule has 1 heterocycles. The van der Waals surface area contributed by atoms with Gasteiger partial charge in [-0.25, -0.2) is 4.79 Å². The molecule has 3 N–H and O–H groups in total. The molecule has 1 atom stereocenters. The topological polar surface area (TPSA) is 116 Å². The van der Waals surface area contributed by atoms with Gasteiger partial charge in [-0.15, -0.1) is 0 Å². The number of aliphatic hydroxyl groups is 1. The average molecular weight is 467 g/mol. The predicted molar refractivity (Wildman–Crippen MR) is 125 cm³/mol. The Morgan fingerprint density at radius 3 is 2.15 bits per heavy atom. The molecule has 0 radical (unpaired) electrons. The Balaban J connectivity index is 1.40. The predicted octanol–water partition coefficient (Wildman–Crippen LogP) is 2.99. The van der Waals surface area contributed by atoms with Crippen LogP contribution in [0.15, 0.2) is 48.5 Å². The maximum atomic E-state index is 12.9. The molecule has 0 bridgehead atoms. The number of fused-ring (bicyclic) bond motifs is 3. The van der Waals surface area contributed by atoms with Gasteiger partial charge in [0.2, 0.25) is 5.91 Å². The number of hydrogen-bond donors (Lipinski definition) is 3. The van der Waals surface area contributed by atoms with Gasteiger partial charge in [0.15, 0.2) is 0 Å². The number of nitrogens with one attached hydrogen (secondary N) is 1. The Labute approximate surface area is 198 Å². The standard InChI is InChI=1S/C26H30N2O6/c1-16(2)26(33)14-28(15-26)24(31)22(11-12-23(29)30)27-25(32)34-13-21-19-9-5-3-7-17(19)18-8-4-6-10-20(18)21/h3-10,16,21-22,33H,11-15H2,1-2H3,(H,27,32)(H,29,30). The summed E-state index contributed by atoms with van der Waals surface area (Å²) in [6, 6.07) is 14.9. The molecule has 0 aromatic heterocycles. The number of benzene rings is 2. The van der Waals surface area contributed by atoms with Crippen molar-refractivity contribution in [2.45, 2.75) is 44.2 Å². The van der Waals surface area contributed by atoms with Crippen molar-refractivity contribution in [3.05, 3.63) is 59.7 Å². The number of hydrogen-bond acceptors (Lipinski definition) is 5. The van der Waals surface area contributed by atoms with E-state index in [0.29, 0.717) is 0 Å². The first-order chi connectivity index (χ1) is 16.2. The summed E-state index contributed by atoms with van der Waals surface area (Å²) in [4.78, 5) is 38.1. The second-order valence-corrected chi connectivity index (χ2v) is 9.41. The number of carboxylic acids is 1. The number of carbonyl (C=O) groups is 3. The normalized spacial score (nSPS) is 16.9. The lowest BCUT2D eigenvalue weighted by atomic mass is 9.82. The van der Waals surface area contributed by atoms with E-state index < -0.39 is 29.6 Å². The van der Waals surface area contributed by atoms with Crippen molar-refractivity contribution in [2.24, 2.45) is 5.92 Å². The van der Waals surface area contributed by atoms with Crippen LogP contribution in [0.4, 0.5) is 4.79 Å². The summed E-state index contributed by atoms with van der Waals surface area (Å²) in [6.07, 6.45) is -1.11. The summed E-state index contributed by atoms with van der Waals surface area (Å²) in [7, 11) is 0. The van der Waals surface area contributed by atoms with Gasteiger partial charge < -0.3 is 25.2 Å². The molecular weight excluding hydrogens is 436 g/mol. The highest BCUT2D eigenvalue weighted by atomic mass is 16.5. The Hall–Kier alpha value is -3.39. The Bertz CT molecular complexity index is 1050. The fourth-order valence-electron chi connectivity index (χ4n) is 4.66. The smallest absolute Gasteiger partial charge is 0.407 e. The summed E-state index contributed by atoms with van der Waals surface area (Å²) >= 11 is 0. The molecule has 1 fully saturated rings. The van der Waals surface area contributed by atoms with E-state index in [4.69, 9.17) is 9.84 Å². The van der Waals surface area contributed by atoms with Gasteiger partial charge in [-0.05, 0) is 34.6 Å². The van der Waals surface area contributed by atoms with Gasteiger partial charge >= 0.3 is 12.1 Å². The van der Waals surface area contributed by atoms with Crippen LogP contribution in [-0.2, 0) is 14.3 Å². The molecule has 4 rings (SSSR count). The molecular formula is C26H30N2O6. The van der Waals surface area contributed by atoms with Crippen LogP contribution in [0.2, 0.25) is 0 Å². The van der Waals surface area contributed by atoms with Crippen LogP contribution in [-0.4, -0.2) is 64.4 Å². The fourth-order valence-corrected chi connectivity index (χ4v) is 4.66. The highest BCUT2D eigenvalue weighted by Gasteiger charge is 2.47. The Kier molecular flexibility index (Phi) is 6.61. The molecule has 8 heteroatoms.